The Labute approximate surface area is 109 Å². The van der Waals surface area contributed by atoms with E-state index in [0.717, 1.165) is 0 Å². The number of nitrogens with zero attached hydrogens (tertiary/aromatic N) is 1. The van der Waals surface area contributed by atoms with Gasteiger partial charge in [0, 0.05) is 0 Å². The first-order valence-electron chi connectivity index (χ1n) is 6.22. The number of ether oxygens (including phenoxy) is 1. The van der Waals surface area contributed by atoms with Crippen molar-refractivity contribution in [2.24, 2.45) is 0 Å². The van der Waals surface area contributed by atoms with E-state index in [4.69, 9.17) is 9.84 Å². The fourth-order valence-electron chi connectivity index (χ4n) is 2.62. The van der Waals surface area contributed by atoms with Crippen LogP contribution in [0.5, 0.6) is 0 Å². The third kappa shape index (κ3) is 2.73. The summed E-state index contributed by atoms with van der Waals surface area (Å²) in [4.78, 5) is 12.5. The van der Waals surface area contributed by atoms with Crippen LogP contribution in [0.4, 0.5) is 0 Å². The van der Waals surface area contributed by atoms with E-state index < -0.39 is 36.1 Å². The molecule has 19 heavy (non-hydrogen) atoms. The van der Waals surface area contributed by atoms with Crippen molar-refractivity contribution in [3.05, 3.63) is 0 Å². The van der Waals surface area contributed by atoms with Gasteiger partial charge in [-0.25, -0.2) is 0 Å². The molecule has 8 nitrogen and oxygen atoms in total. The van der Waals surface area contributed by atoms with Crippen LogP contribution in [0.2, 0.25) is 0 Å². The van der Waals surface area contributed by atoms with Crippen LogP contribution in [0.15, 0.2) is 0 Å². The number of aliphatic carboxylic acids is 1. The normalized spacial score (nSPS) is 44.4. The lowest BCUT2D eigenvalue weighted by Gasteiger charge is -2.43. The molecule has 0 aliphatic carbocycles. The summed E-state index contributed by atoms with van der Waals surface area (Å²) < 4.78 is 5.01. The summed E-state index contributed by atoms with van der Waals surface area (Å²) in [6, 6.07) is -0.733. The summed E-state index contributed by atoms with van der Waals surface area (Å²) in [5.41, 5.74) is 0. The van der Waals surface area contributed by atoms with Crippen molar-refractivity contribution in [1.29, 1.82) is 0 Å². The predicted octanol–water partition coefficient (Wildman–Crippen LogP) is -2.66. The monoisotopic (exact) mass is 277 g/mol. The molecule has 2 heterocycles. The molecule has 0 saturated carbocycles. The molecule has 1 unspecified atom stereocenters. The smallest absolute Gasteiger partial charge is 0.320 e. The van der Waals surface area contributed by atoms with Gasteiger partial charge in [-0.15, -0.1) is 0 Å². The molecule has 0 aromatic rings. The predicted molar refractivity (Wildman–Crippen MR) is 61.2 cm³/mol. The fourth-order valence-corrected chi connectivity index (χ4v) is 2.62. The Balaban J connectivity index is 2.06. The van der Waals surface area contributed by atoms with Crippen molar-refractivity contribution >= 4 is 5.97 Å². The second kappa shape index (κ2) is 5.31. The van der Waals surface area contributed by atoms with Crippen LogP contribution >= 0.6 is 0 Å². The maximum Gasteiger partial charge on any atom is 0.320 e. The van der Waals surface area contributed by atoms with E-state index in [9.17, 15) is 25.2 Å². The van der Waals surface area contributed by atoms with Gasteiger partial charge >= 0.3 is 5.97 Å². The Hall–Kier alpha value is -0.770. The molecule has 2 aliphatic heterocycles. The zero-order valence-corrected chi connectivity index (χ0v) is 10.3. The molecule has 2 fully saturated rings. The van der Waals surface area contributed by atoms with Crippen molar-refractivity contribution in [3.63, 3.8) is 0 Å². The quantitative estimate of drug-likeness (QED) is 0.378. The molecular formula is C11H19NO7. The van der Waals surface area contributed by atoms with Crippen molar-refractivity contribution in [1.82, 2.24) is 4.90 Å². The fraction of sp³-hybridized carbons (Fsp3) is 0.909. The molecule has 5 atom stereocenters. The second-order valence-electron chi connectivity index (χ2n) is 5.13. The van der Waals surface area contributed by atoms with E-state index in [1.54, 1.807) is 0 Å². The minimum Gasteiger partial charge on any atom is -0.480 e. The van der Waals surface area contributed by atoms with Crippen LogP contribution < -0.4 is 0 Å². The molecule has 8 heteroatoms. The van der Waals surface area contributed by atoms with E-state index in [0.29, 0.717) is 19.4 Å². The van der Waals surface area contributed by atoms with Crippen LogP contribution in [0.1, 0.15) is 12.8 Å². The number of carbonyl (C=O) groups is 1. The average molecular weight is 277 g/mol. The van der Waals surface area contributed by atoms with E-state index in [2.05, 4.69) is 0 Å². The summed E-state index contributed by atoms with van der Waals surface area (Å²) in [7, 11) is 0. The Bertz CT molecular complexity index is 352. The number of aliphatic hydroxyl groups is 4. The summed E-state index contributed by atoms with van der Waals surface area (Å²) >= 11 is 0. The Morgan fingerprint density at radius 3 is 2.68 bits per heavy atom. The van der Waals surface area contributed by atoms with Crippen molar-refractivity contribution in [2.75, 3.05) is 19.7 Å². The van der Waals surface area contributed by atoms with E-state index in [1.165, 1.54) is 4.90 Å². The van der Waals surface area contributed by atoms with Gasteiger partial charge in [-0.3, -0.25) is 9.69 Å². The molecule has 0 spiro atoms. The number of aliphatic hydroxyl groups excluding tert-OH is 3. The molecule has 2 aliphatic rings. The number of hydrogen-bond donors (Lipinski definition) is 5. The molecule has 0 aromatic heterocycles. The van der Waals surface area contributed by atoms with Gasteiger partial charge in [-0.05, 0) is 19.4 Å². The minimum absolute atomic E-state index is 0.227. The van der Waals surface area contributed by atoms with Crippen LogP contribution in [-0.2, 0) is 9.53 Å². The lowest BCUT2D eigenvalue weighted by molar-refractivity contribution is -0.325. The van der Waals surface area contributed by atoms with Gasteiger partial charge in [0.2, 0.25) is 5.79 Å². The zero-order chi connectivity index (χ0) is 14.2. The van der Waals surface area contributed by atoms with Crippen LogP contribution in [-0.4, -0.2) is 86.2 Å². The van der Waals surface area contributed by atoms with Gasteiger partial charge < -0.3 is 30.3 Å². The van der Waals surface area contributed by atoms with Crippen molar-refractivity contribution in [2.45, 2.75) is 43.0 Å². The Morgan fingerprint density at radius 1 is 1.37 bits per heavy atom. The molecule has 110 valence electrons. The first-order chi connectivity index (χ1) is 8.85. The summed E-state index contributed by atoms with van der Waals surface area (Å²) in [6.45, 7) is -0.0801. The Kier molecular flexibility index (Phi) is 4.09. The number of carboxylic acids is 1. The van der Waals surface area contributed by atoms with E-state index >= 15 is 0 Å². The maximum atomic E-state index is 11.0. The number of likely N-dealkylation sites (tertiary alicyclic amines) is 1. The van der Waals surface area contributed by atoms with Gasteiger partial charge in [-0.1, -0.05) is 0 Å². The molecule has 0 aromatic carbocycles. The largest absolute Gasteiger partial charge is 0.480 e. The van der Waals surface area contributed by atoms with Crippen molar-refractivity contribution < 1.29 is 35.1 Å². The first kappa shape index (κ1) is 14.6. The summed E-state index contributed by atoms with van der Waals surface area (Å²) in [5, 5.41) is 47.9. The molecule has 2 saturated heterocycles. The minimum atomic E-state index is -2.07. The van der Waals surface area contributed by atoms with Gasteiger partial charge in [0.25, 0.3) is 0 Å². The lowest BCUT2D eigenvalue weighted by atomic mass is 9.96. The van der Waals surface area contributed by atoms with Crippen LogP contribution in [0.25, 0.3) is 0 Å². The van der Waals surface area contributed by atoms with Gasteiger partial charge in [0.05, 0.1) is 13.2 Å². The van der Waals surface area contributed by atoms with Gasteiger partial charge in [0.1, 0.15) is 24.4 Å². The standard InChI is InChI=1S/C11H19NO7/c13-7-4-19-11(18,9(15)8(7)14)5-12-3-1-2-6(12)10(16)17/h6-9,13-15,18H,1-5H2,(H,16,17)/t6-,7+,8+,9-,11?/m0/s1. The molecule has 0 bridgehead atoms. The molecule has 2 rings (SSSR count). The van der Waals surface area contributed by atoms with E-state index in [-0.39, 0.29) is 13.2 Å². The van der Waals surface area contributed by atoms with Crippen molar-refractivity contribution in [3.8, 4) is 0 Å². The average Bonchev–Trinajstić information content (AvgIpc) is 2.80. The molecule has 0 radical (unpaired) electrons. The second-order valence-corrected chi connectivity index (χ2v) is 5.13. The highest BCUT2D eigenvalue weighted by molar-refractivity contribution is 5.73. The molecule has 0 amide bonds. The number of β-amino-alcohol motifs (C(OH)–C–C–N with tert-alkyl or cyclic N) is 1. The third-order valence-electron chi connectivity index (χ3n) is 3.76. The molecular weight excluding hydrogens is 258 g/mol. The third-order valence-corrected chi connectivity index (χ3v) is 3.76. The lowest BCUT2D eigenvalue weighted by Crippen LogP contribution is -2.65. The SMILES string of the molecule is O=C(O)[C@@H]1CCCN1CC1(O)OC[C@@H](O)[C@@H](O)[C@@H]1O. The zero-order valence-electron chi connectivity index (χ0n) is 10.3. The summed E-state index contributed by atoms with van der Waals surface area (Å²) in [6.07, 6.45) is -3.35. The number of rotatable bonds is 3. The highest BCUT2D eigenvalue weighted by Gasteiger charge is 2.50. The van der Waals surface area contributed by atoms with Gasteiger partial charge in [-0.2, -0.15) is 0 Å². The topological polar surface area (TPSA) is 131 Å². The van der Waals surface area contributed by atoms with E-state index in [1.807, 2.05) is 0 Å². The first-order valence-corrected chi connectivity index (χ1v) is 6.22. The molecule has 5 N–H and O–H groups in total. The highest BCUT2D eigenvalue weighted by atomic mass is 16.6. The number of hydrogen-bond acceptors (Lipinski definition) is 7. The van der Waals surface area contributed by atoms with Crippen LogP contribution in [0, 0.1) is 0 Å². The van der Waals surface area contributed by atoms with Gasteiger partial charge in [0.15, 0.2) is 0 Å². The Morgan fingerprint density at radius 2 is 2.05 bits per heavy atom. The van der Waals surface area contributed by atoms with Crippen LogP contribution in [0.3, 0.4) is 0 Å². The highest BCUT2D eigenvalue weighted by Crippen LogP contribution is 2.28. The number of carboxylic acid groups (broad SMARTS) is 1. The summed E-state index contributed by atoms with van der Waals surface area (Å²) in [5.74, 6) is -3.07. The maximum absolute atomic E-state index is 11.0.